The standard InChI is InChI=1S/C14H28N2O2/c1-5-14(6-2,10-15)12(17)16-11-7-8-18-13(3,4)9-11/h11H,5-10,15H2,1-4H3,(H,16,17). The number of carbonyl (C=O) groups is 1. The van der Waals surface area contributed by atoms with E-state index in [2.05, 4.69) is 19.2 Å². The van der Waals surface area contributed by atoms with Crippen molar-refractivity contribution in [3.63, 3.8) is 0 Å². The lowest BCUT2D eigenvalue weighted by atomic mass is 9.81. The van der Waals surface area contributed by atoms with Gasteiger partial charge in [-0.1, -0.05) is 13.8 Å². The van der Waals surface area contributed by atoms with E-state index in [0.717, 1.165) is 25.7 Å². The predicted molar refractivity (Wildman–Crippen MR) is 73.3 cm³/mol. The molecule has 0 aromatic rings. The Kier molecular flexibility index (Phi) is 5.17. The highest BCUT2D eigenvalue weighted by molar-refractivity contribution is 5.83. The largest absolute Gasteiger partial charge is 0.375 e. The van der Waals surface area contributed by atoms with Crippen LogP contribution in [0.15, 0.2) is 0 Å². The van der Waals surface area contributed by atoms with Gasteiger partial charge in [-0.2, -0.15) is 0 Å². The number of amides is 1. The van der Waals surface area contributed by atoms with Gasteiger partial charge in [0.15, 0.2) is 0 Å². The van der Waals surface area contributed by atoms with E-state index < -0.39 is 5.41 Å². The van der Waals surface area contributed by atoms with E-state index in [9.17, 15) is 4.79 Å². The van der Waals surface area contributed by atoms with E-state index >= 15 is 0 Å². The fourth-order valence-electron chi connectivity index (χ4n) is 2.65. The van der Waals surface area contributed by atoms with Crippen LogP contribution in [0.2, 0.25) is 0 Å². The molecule has 1 amide bonds. The third-order valence-corrected chi connectivity index (χ3v) is 4.26. The monoisotopic (exact) mass is 256 g/mol. The van der Waals surface area contributed by atoms with E-state index in [0.29, 0.717) is 13.2 Å². The Morgan fingerprint density at radius 3 is 2.50 bits per heavy atom. The molecule has 0 spiro atoms. The average molecular weight is 256 g/mol. The van der Waals surface area contributed by atoms with Crippen LogP contribution < -0.4 is 11.1 Å². The van der Waals surface area contributed by atoms with Crippen molar-refractivity contribution in [1.82, 2.24) is 5.32 Å². The Hall–Kier alpha value is -0.610. The van der Waals surface area contributed by atoms with Gasteiger partial charge in [-0.25, -0.2) is 0 Å². The normalized spacial score (nSPS) is 23.7. The minimum Gasteiger partial charge on any atom is -0.375 e. The second kappa shape index (κ2) is 6.02. The fraction of sp³-hybridized carbons (Fsp3) is 0.929. The van der Waals surface area contributed by atoms with Crippen molar-refractivity contribution >= 4 is 5.91 Å². The zero-order chi connectivity index (χ0) is 13.8. The summed E-state index contributed by atoms with van der Waals surface area (Å²) in [5.41, 5.74) is 5.26. The summed E-state index contributed by atoms with van der Waals surface area (Å²) in [5.74, 6) is 0.109. The lowest BCUT2D eigenvalue weighted by molar-refractivity contribution is -0.134. The van der Waals surface area contributed by atoms with Crippen LogP contribution in [0.25, 0.3) is 0 Å². The SMILES string of the molecule is CCC(CC)(CN)C(=O)NC1CCOC(C)(C)C1. The number of hydrogen-bond acceptors (Lipinski definition) is 3. The molecule has 3 N–H and O–H groups in total. The first-order valence-corrected chi connectivity index (χ1v) is 7.04. The third kappa shape index (κ3) is 3.45. The second-order valence-corrected chi connectivity index (χ2v) is 5.96. The van der Waals surface area contributed by atoms with E-state index in [-0.39, 0.29) is 17.6 Å². The van der Waals surface area contributed by atoms with Crippen molar-refractivity contribution in [2.24, 2.45) is 11.1 Å². The van der Waals surface area contributed by atoms with Crippen LogP contribution in [0.1, 0.15) is 53.4 Å². The Balaban J connectivity index is 2.63. The molecule has 18 heavy (non-hydrogen) atoms. The van der Waals surface area contributed by atoms with Crippen LogP contribution in [0.5, 0.6) is 0 Å². The first kappa shape index (κ1) is 15.4. The summed E-state index contributed by atoms with van der Waals surface area (Å²) in [5, 5.41) is 3.17. The summed E-state index contributed by atoms with van der Waals surface area (Å²) in [6.45, 7) is 9.33. The highest BCUT2D eigenvalue weighted by atomic mass is 16.5. The molecule has 1 heterocycles. The molecule has 4 heteroatoms. The molecule has 1 saturated heterocycles. The number of carbonyl (C=O) groups excluding carboxylic acids is 1. The molecule has 0 aromatic heterocycles. The maximum Gasteiger partial charge on any atom is 0.227 e. The molecule has 4 nitrogen and oxygen atoms in total. The van der Waals surface area contributed by atoms with Gasteiger partial charge < -0.3 is 15.8 Å². The molecule has 0 bridgehead atoms. The Bertz CT molecular complexity index is 277. The van der Waals surface area contributed by atoms with Crippen LogP contribution in [0, 0.1) is 5.41 Å². The maximum absolute atomic E-state index is 12.4. The van der Waals surface area contributed by atoms with Crippen molar-refractivity contribution < 1.29 is 9.53 Å². The molecule has 1 fully saturated rings. The molecule has 0 saturated carbocycles. The molecule has 1 rings (SSSR count). The highest BCUT2D eigenvalue weighted by Gasteiger charge is 2.36. The van der Waals surface area contributed by atoms with E-state index in [4.69, 9.17) is 10.5 Å². The van der Waals surface area contributed by atoms with Gasteiger partial charge in [0.05, 0.1) is 11.0 Å². The molecule has 1 aliphatic heterocycles. The average Bonchev–Trinajstić information content (AvgIpc) is 2.30. The molecular formula is C14H28N2O2. The van der Waals surface area contributed by atoms with Gasteiger partial charge in [-0.3, -0.25) is 4.79 Å². The van der Waals surface area contributed by atoms with Crippen molar-refractivity contribution in [3.8, 4) is 0 Å². The molecule has 1 atom stereocenters. The topological polar surface area (TPSA) is 64.4 Å². The first-order valence-electron chi connectivity index (χ1n) is 7.04. The van der Waals surface area contributed by atoms with Gasteiger partial charge >= 0.3 is 0 Å². The van der Waals surface area contributed by atoms with E-state index in [1.165, 1.54) is 0 Å². The molecular weight excluding hydrogens is 228 g/mol. The smallest absolute Gasteiger partial charge is 0.227 e. The van der Waals surface area contributed by atoms with Crippen LogP contribution in [-0.2, 0) is 9.53 Å². The van der Waals surface area contributed by atoms with Gasteiger partial charge in [-0.15, -0.1) is 0 Å². The van der Waals surface area contributed by atoms with Gasteiger partial charge in [0.2, 0.25) is 5.91 Å². The lowest BCUT2D eigenvalue weighted by Gasteiger charge is -2.38. The number of nitrogens with one attached hydrogen (secondary N) is 1. The van der Waals surface area contributed by atoms with Gasteiger partial charge in [0, 0.05) is 19.2 Å². The quantitative estimate of drug-likeness (QED) is 0.788. The summed E-state index contributed by atoms with van der Waals surface area (Å²) in [6, 6.07) is 0.213. The van der Waals surface area contributed by atoms with Crippen LogP contribution in [0.3, 0.4) is 0 Å². The molecule has 1 aliphatic rings. The molecule has 0 aromatic carbocycles. The van der Waals surface area contributed by atoms with Crippen molar-refractivity contribution in [2.45, 2.75) is 65.0 Å². The summed E-state index contributed by atoms with van der Waals surface area (Å²) >= 11 is 0. The summed E-state index contributed by atoms with van der Waals surface area (Å²) in [6.07, 6.45) is 3.34. The summed E-state index contributed by atoms with van der Waals surface area (Å²) in [4.78, 5) is 12.4. The highest BCUT2D eigenvalue weighted by Crippen LogP contribution is 2.28. The van der Waals surface area contributed by atoms with E-state index in [1.807, 2.05) is 13.8 Å². The van der Waals surface area contributed by atoms with Crippen LogP contribution >= 0.6 is 0 Å². The zero-order valence-corrected chi connectivity index (χ0v) is 12.2. The van der Waals surface area contributed by atoms with Crippen LogP contribution in [0.4, 0.5) is 0 Å². The lowest BCUT2D eigenvalue weighted by Crippen LogP contribution is -2.52. The third-order valence-electron chi connectivity index (χ3n) is 4.26. The Morgan fingerprint density at radius 2 is 2.06 bits per heavy atom. The predicted octanol–water partition coefficient (Wildman–Crippen LogP) is 1.83. The molecule has 1 unspecified atom stereocenters. The van der Waals surface area contributed by atoms with Crippen molar-refractivity contribution in [1.29, 1.82) is 0 Å². The number of rotatable bonds is 5. The minimum absolute atomic E-state index is 0.109. The van der Waals surface area contributed by atoms with Gasteiger partial charge in [0.1, 0.15) is 0 Å². The summed E-state index contributed by atoms with van der Waals surface area (Å²) < 4.78 is 5.67. The minimum atomic E-state index is -0.400. The van der Waals surface area contributed by atoms with Crippen molar-refractivity contribution in [3.05, 3.63) is 0 Å². The van der Waals surface area contributed by atoms with Crippen molar-refractivity contribution in [2.75, 3.05) is 13.2 Å². The fourth-order valence-corrected chi connectivity index (χ4v) is 2.65. The number of ether oxygens (including phenoxy) is 1. The van der Waals surface area contributed by atoms with Gasteiger partial charge in [0.25, 0.3) is 0 Å². The van der Waals surface area contributed by atoms with Crippen LogP contribution in [-0.4, -0.2) is 30.7 Å². The Morgan fingerprint density at radius 1 is 1.44 bits per heavy atom. The summed E-state index contributed by atoms with van der Waals surface area (Å²) in [7, 11) is 0. The Labute approximate surface area is 111 Å². The second-order valence-electron chi connectivity index (χ2n) is 5.96. The zero-order valence-electron chi connectivity index (χ0n) is 12.2. The molecule has 0 aliphatic carbocycles. The number of hydrogen-bond donors (Lipinski definition) is 2. The molecule has 0 radical (unpaired) electrons. The van der Waals surface area contributed by atoms with Gasteiger partial charge in [-0.05, 0) is 39.5 Å². The first-order chi connectivity index (χ1) is 8.39. The number of nitrogens with two attached hydrogens (primary N) is 1. The van der Waals surface area contributed by atoms with E-state index in [1.54, 1.807) is 0 Å². The maximum atomic E-state index is 12.4. The molecule has 106 valence electrons.